The molecule has 2 aromatic rings. The molecule has 0 unspecified atom stereocenters. The molecule has 0 aromatic heterocycles. The number of halogens is 2. The van der Waals surface area contributed by atoms with Crippen LogP contribution in [0.5, 0.6) is 0 Å². The van der Waals surface area contributed by atoms with Gasteiger partial charge in [0.05, 0.1) is 6.42 Å². The summed E-state index contributed by atoms with van der Waals surface area (Å²) in [5.41, 5.74) is 1.51. The number of carbonyl (C=O) groups is 1. The summed E-state index contributed by atoms with van der Waals surface area (Å²) < 4.78 is 26.5. The summed E-state index contributed by atoms with van der Waals surface area (Å²) in [4.78, 5) is 14.5. The van der Waals surface area contributed by atoms with Gasteiger partial charge in [-0.3, -0.25) is 9.69 Å². The second-order valence-corrected chi connectivity index (χ2v) is 6.52. The zero-order valence-electron chi connectivity index (χ0n) is 14.1. The number of hydrogen-bond donors (Lipinski definition) is 1. The fraction of sp³-hybridized carbons (Fsp3) is 0.350. The van der Waals surface area contributed by atoms with E-state index in [1.807, 2.05) is 18.2 Å². The third-order valence-electron chi connectivity index (χ3n) is 4.57. The topological polar surface area (TPSA) is 32.3 Å². The Labute approximate surface area is 146 Å². The Bertz CT molecular complexity index is 713. The van der Waals surface area contributed by atoms with E-state index in [0.29, 0.717) is 0 Å². The van der Waals surface area contributed by atoms with E-state index in [4.69, 9.17) is 0 Å². The number of nitrogens with one attached hydrogen (secondary N) is 1. The van der Waals surface area contributed by atoms with Crippen LogP contribution in [-0.2, 0) is 17.8 Å². The molecule has 1 amide bonds. The molecule has 0 radical (unpaired) electrons. The summed E-state index contributed by atoms with van der Waals surface area (Å²) in [6.45, 7) is 2.76. The SMILES string of the molecule is O=C(Cc1ccc(F)cc1F)NC1CCN(Cc2ccccc2)CC1. The number of piperidine rings is 1. The molecule has 5 heteroatoms. The van der Waals surface area contributed by atoms with Gasteiger partial charge in [0.1, 0.15) is 11.6 Å². The number of nitrogens with zero attached hydrogens (tertiary/aromatic N) is 1. The van der Waals surface area contributed by atoms with Gasteiger partial charge in [-0.2, -0.15) is 0 Å². The summed E-state index contributed by atoms with van der Waals surface area (Å²) >= 11 is 0. The molecule has 1 fully saturated rings. The van der Waals surface area contributed by atoms with Crippen LogP contribution in [0.15, 0.2) is 48.5 Å². The largest absolute Gasteiger partial charge is 0.353 e. The highest BCUT2D eigenvalue weighted by Gasteiger charge is 2.21. The first-order valence-electron chi connectivity index (χ1n) is 8.60. The molecule has 3 rings (SSSR count). The molecule has 0 atom stereocenters. The van der Waals surface area contributed by atoms with Crippen molar-refractivity contribution in [1.29, 1.82) is 0 Å². The van der Waals surface area contributed by atoms with Gasteiger partial charge in [0, 0.05) is 31.7 Å². The molecule has 132 valence electrons. The number of carbonyl (C=O) groups excluding carboxylic acids is 1. The molecule has 1 heterocycles. The Kier molecular flexibility index (Phi) is 5.76. The maximum atomic E-state index is 13.6. The lowest BCUT2D eigenvalue weighted by Gasteiger charge is -2.32. The van der Waals surface area contributed by atoms with Crippen molar-refractivity contribution >= 4 is 5.91 Å². The first-order chi connectivity index (χ1) is 12.1. The van der Waals surface area contributed by atoms with Crippen molar-refractivity contribution in [2.45, 2.75) is 31.8 Å². The number of rotatable bonds is 5. The van der Waals surface area contributed by atoms with Gasteiger partial charge in [-0.1, -0.05) is 36.4 Å². The Morgan fingerprint density at radius 3 is 2.48 bits per heavy atom. The fourth-order valence-corrected chi connectivity index (χ4v) is 3.19. The van der Waals surface area contributed by atoms with Crippen LogP contribution < -0.4 is 5.32 Å². The van der Waals surface area contributed by atoms with Gasteiger partial charge in [0.25, 0.3) is 0 Å². The summed E-state index contributed by atoms with van der Waals surface area (Å²) in [7, 11) is 0. The minimum absolute atomic E-state index is 0.0592. The summed E-state index contributed by atoms with van der Waals surface area (Å²) in [5, 5.41) is 2.97. The highest BCUT2D eigenvalue weighted by molar-refractivity contribution is 5.78. The highest BCUT2D eigenvalue weighted by atomic mass is 19.1. The minimum atomic E-state index is -0.673. The van der Waals surface area contributed by atoms with E-state index in [0.717, 1.165) is 38.5 Å². The average Bonchev–Trinajstić information content (AvgIpc) is 2.60. The van der Waals surface area contributed by atoms with Gasteiger partial charge in [-0.25, -0.2) is 8.78 Å². The van der Waals surface area contributed by atoms with E-state index in [-0.39, 0.29) is 23.9 Å². The molecule has 2 aromatic carbocycles. The number of hydrogen-bond acceptors (Lipinski definition) is 2. The van der Waals surface area contributed by atoms with Crippen molar-refractivity contribution in [3.05, 3.63) is 71.3 Å². The van der Waals surface area contributed by atoms with Gasteiger partial charge in [0.2, 0.25) is 5.91 Å². The Hall–Kier alpha value is -2.27. The molecule has 0 aliphatic carbocycles. The smallest absolute Gasteiger partial charge is 0.224 e. The standard InChI is InChI=1S/C20H22F2N2O/c21-17-7-6-16(19(22)13-17)12-20(25)23-18-8-10-24(11-9-18)14-15-4-2-1-3-5-15/h1-7,13,18H,8-12,14H2,(H,23,25). The van der Waals surface area contributed by atoms with Gasteiger partial charge in [-0.05, 0) is 30.0 Å². The fourth-order valence-electron chi connectivity index (χ4n) is 3.19. The maximum Gasteiger partial charge on any atom is 0.224 e. The van der Waals surface area contributed by atoms with Crippen LogP contribution in [0.1, 0.15) is 24.0 Å². The van der Waals surface area contributed by atoms with E-state index in [2.05, 4.69) is 22.3 Å². The highest BCUT2D eigenvalue weighted by Crippen LogP contribution is 2.15. The van der Waals surface area contributed by atoms with Gasteiger partial charge in [-0.15, -0.1) is 0 Å². The van der Waals surface area contributed by atoms with Crippen LogP contribution in [0.3, 0.4) is 0 Å². The molecule has 1 aliphatic heterocycles. The second-order valence-electron chi connectivity index (χ2n) is 6.52. The first-order valence-corrected chi connectivity index (χ1v) is 8.60. The van der Waals surface area contributed by atoms with Crippen molar-refractivity contribution in [3.8, 4) is 0 Å². The first kappa shape index (κ1) is 17.5. The van der Waals surface area contributed by atoms with Crippen LogP contribution in [0.2, 0.25) is 0 Å². The second kappa shape index (κ2) is 8.21. The number of benzene rings is 2. The predicted molar refractivity (Wildman–Crippen MR) is 92.9 cm³/mol. The minimum Gasteiger partial charge on any atom is -0.353 e. The van der Waals surface area contributed by atoms with E-state index in [9.17, 15) is 13.6 Å². The normalized spacial score (nSPS) is 15.9. The molecule has 3 nitrogen and oxygen atoms in total. The predicted octanol–water partition coefficient (Wildman–Crippen LogP) is 3.29. The molecular formula is C20H22F2N2O. The van der Waals surface area contributed by atoms with Crippen LogP contribution in [-0.4, -0.2) is 29.9 Å². The Morgan fingerprint density at radius 1 is 1.08 bits per heavy atom. The van der Waals surface area contributed by atoms with Crippen molar-refractivity contribution in [2.75, 3.05) is 13.1 Å². The van der Waals surface area contributed by atoms with Crippen molar-refractivity contribution in [2.24, 2.45) is 0 Å². The van der Waals surface area contributed by atoms with E-state index >= 15 is 0 Å². The van der Waals surface area contributed by atoms with E-state index in [1.165, 1.54) is 17.7 Å². The summed E-state index contributed by atoms with van der Waals surface area (Å²) in [6.07, 6.45) is 1.70. The van der Waals surface area contributed by atoms with Crippen molar-refractivity contribution < 1.29 is 13.6 Å². The summed E-state index contributed by atoms with van der Waals surface area (Å²) in [5.74, 6) is -1.52. The van der Waals surface area contributed by atoms with Crippen LogP contribution in [0.4, 0.5) is 8.78 Å². The zero-order valence-corrected chi connectivity index (χ0v) is 14.1. The molecule has 1 aliphatic rings. The lowest BCUT2D eigenvalue weighted by molar-refractivity contribution is -0.121. The van der Waals surface area contributed by atoms with E-state index in [1.54, 1.807) is 0 Å². The lowest BCUT2D eigenvalue weighted by atomic mass is 10.0. The maximum absolute atomic E-state index is 13.6. The van der Waals surface area contributed by atoms with Crippen molar-refractivity contribution in [1.82, 2.24) is 10.2 Å². The lowest BCUT2D eigenvalue weighted by Crippen LogP contribution is -2.44. The van der Waals surface area contributed by atoms with Gasteiger partial charge in [0.15, 0.2) is 0 Å². The van der Waals surface area contributed by atoms with Crippen LogP contribution in [0.25, 0.3) is 0 Å². The number of amides is 1. The Morgan fingerprint density at radius 2 is 1.80 bits per heavy atom. The number of likely N-dealkylation sites (tertiary alicyclic amines) is 1. The average molecular weight is 344 g/mol. The molecule has 25 heavy (non-hydrogen) atoms. The molecule has 0 bridgehead atoms. The quantitative estimate of drug-likeness (QED) is 0.903. The summed E-state index contributed by atoms with van der Waals surface area (Å²) in [6, 6.07) is 13.7. The monoisotopic (exact) mass is 344 g/mol. The third-order valence-corrected chi connectivity index (χ3v) is 4.57. The molecular weight excluding hydrogens is 322 g/mol. The zero-order chi connectivity index (χ0) is 17.6. The Balaban J connectivity index is 1.44. The molecule has 0 spiro atoms. The van der Waals surface area contributed by atoms with Crippen LogP contribution >= 0.6 is 0 Å². The van der Waals surface area contributed by atoms with E-state index < -0.39 is 11.6 Å². The molecule has 1 N–H and O–H groups in total. The van der Waals surface area contributed by atoms with Crippen LogP contribution in [0, 0.1) is 11.6 Å². The van der Waals surface area contributed by atoms with Gasteiger partial charge < -0.3 is 5.32 Å². The van der Waals surface area contributed by atoms with Gasteiger partial charge >= 0.3 is 0 Å². The third kappa shape index (κ3) is 5.10. The molecule has 1 saturated heterocycles. The molecule has 0 saturated carbocycles. The van der Waals surface area contributed by atoms with Crippen molar-refractivity contribution in [3.63, 3.8) is 0 Å².